The lowest BCUT2D eigenvalue weighted by Gasteiger charge is -2.31. The zero-order valence-electron chi connectivity index (χ0n) is 12.4. The minimum absolute atomic E-state index is 0.0107. The zero-order valence-corrected chi connectivity index (χ0v) is 12.4. The van der Waals surface area contributed by atoms with E-state index in [2.05, 4.69) is 22.2 Å². The molecule has 0 aliphatic carbocycles. The van der Waals surface area contributed by atoms with Crippen LogP contribution in [0.4, 0.5) is 0 Å². The van der Waals surface area contributed by atoms with Gasteiger partial charge in [-0.3, -0.25) is 4.79 Å². The summed E-state index contributed by atoms with van der Waals surface area (Å²) < 4.78 is 15.9. The first-order chi connectivity index (χ1) is 10.3. The average molecular weight is 293 g/mol. The highest BCUT2D eigenvalue weighted by Gasteiger charge is 2.25. The van der Waals surface area contributed by atoms with Crippen molar-refractivity contribution in [1.82, 2.24) is 5.32 Å². The van der Waals surface area contributed by atoms with E-state index in [-0.39, 0.29) is 18.1 Å². The minimum Gasteiger partial charge on any atom is -0.469 e. The van der Waals surface area contributed by atoms with Crippen molar-refractivity contribution in [2.75, 3.05) is 33.5 Å². The van der Waals surface area contributed by atoms with E-state index >= 15 is 0 Å². The zero-order chi connectivity index (χ0) is 14.9. The molecule has 1 N–H and O–H groups in total. The van der Waals surface area contributed by atoms with E-state index in [9.17, 15) is 4.79 Å². The molecule has 1 aliphatic heterocycles. The number of esters is 1. The summed E-state index contributed by atoms with van der Waals surface area (Å²) in [5.41, 5.74) is 1.24. The molecule has 1 aromatic rings. The lowest BCUT2D eigenvalue weighted by molar-refractivity contribution is -0.140. The summed E-state index contributed by atoms with van der Waals surface area (Å²) in [6.07, 6.45) is 1.21. The summed E-state index contributed by atoms with van der Waals surface area (Å²) in [5.74, 6) is -0.207. The molecule has 0 spiro atoms. The van der Waals surface area contributed by atoms with Gasteiger partial charge in [-0.25, -0.2) is 0 Å². The minimum atomic E-state index is -0.207. The van der Waals surface area contributed by atoms with Crippen LogP contribution in [-0.2, 0) is 25.4 Å². The summed E-state index contributed by atoms with van der Waals surface area (Å²) in [5, 5.41) is 3.40. The third-order valence-electron chi connectivity index (χ3n) is 3.55. The smallest absolute Gasteiger partial charge is 0.306 e. The maximum atomic E-state index is 11.2. The molecule has 5 nitrogen and oxygen atoms in total. The van der Waals surface area contributed by atoms with Crippen LogP contribution in [0.25, 0.3) is 0 Å². The first-order valence-electron chi connectivity index (χ1n) is 7.33. The highest BCUT2D eigenvalue weighted by molar-refractivity contribution is 5.69. The van der Waals surface area contributed by atoms with Crippen LogP contribution in [0.3, 0.4) is 0 Å². The van der Waals surface area contributed by atoms with Crippen molar-refractivity contribution >= 4 is 5.97 Å². The Labute approximate surface area is 125 Å². The highest BCUT2D eigenvalue weighted by Crippen LogP contribution is 2.12. The molecule has 1 aliphatic rings. The third-order valence-corrected chi connectivity index (χ3v) is 3.55. The van der Waals surface area contributed by atoms with Crippen LogP contribution < -0.4 is 5.32 Å². The predicted molar refractivity (Wildman–Crippen MR) is 79.1 cm³/mol. The van der Waals surface area contributed by atoms with Crippen molar-refractivity contribution in [3.8, 4) is 0 Å². The number of rotatable bonds is 7. The first-order valence-corrected chi connectivity index (χ1v) is 7.33. The van der Waals surface area contributed by atoms with Crippen LogP contribution in [0.5, 0.6) is 0 Å². The standard InChI is InChI=1S/C16H23NO4/c1-19-16(18)7-8-17-14(15-12-20-9-10-21-15)11-13-5-3-2-4-6-13/h2-6,14-15,17H,7-12H2,1H3. The Morgan fingerprint density at radius 3 is 2.86 bits per heavy atom. The van der Waals surface area contributed by atoms with Gasteiger partial charge in [-0.05, 0) is 12.0 Å². The van der Waals surface area contributed by atoms with Crippen LogP contribution in [0.2, 0.25) is 0 Å². The lowest BCUT2D eigenvalue weighted by atomic mass is 10.0. The molecule has 21 heavy (non-hydrogen) atoms. The quantitative estimate of drug-likeness (QED) is 0.765. The highest BCUT2D eigenvalue weighted by atomic mass is 16.6. The Bertz CT molecular complexity index is 418. The van der Waals surface area contributed by atoms with Crippen molar-refractivity contribution in [2.24, 2.45) is 0 Å². The number of hydrogen-bond donors (Lipinski definition) is 1. The van der Waals surface area contributed by atoms with Crippen LogP contribution in [0.1, 0.15) is 12.0 Å². The van der Waals surface area contributed by atoms with Gasteiger partial charge in [0.05, 0.1) is 39.5 Å². The molecule has 1 fully saturated rings. The van der Waals surface area contributed by atoms with Crippen LogP contribution in [-0.4, -0.2) is 51.6 Å². The maximum Gasteiger partial charge on any atom is 0.306 e. The average Bonchev–Trinajstić information content (AvgIpc) is 2.55. The second kappa shape index (κ2) is 8.77. The van der Waals surface area contributed by atoms with Crippen molar-refractivity contribution in [3.63, 3.8) is 0 Å². The number of nitrogens with one attached hydrogen (secondary N) is 1. The Hall–Kier alpha value is -1.43. The molecule has 0 aromatic heterocycles. The summed E-state index contributed by atoms with van der Waals surface area (Å²) in [4.78, 5) is 11.2. The SMILES string of the molecule is COC(=O)CCNC(Cc1ccccc1)C1COCCO1. The summed E-state index contributed by atoms with van der Waals surface area (Å²) >= 11 is 0. The first kappa shape index (κ1) is 15.9. The maximum absolute atomic E-state index is 11.2. The normalized spacial score (nSPS) is 20.0. The van der Waals surface area contributed by atoms with E-state index in [1.807, 2.05) is 18.2 Å². The molecule has 1 saturated heterocycles. The lowest BCUT2D eigenvalue weighted by Crippen LogP contribution is -2.48. The molecular formula is C16H23NO4. The monoisotopic (exact) mass is 293 g/mol. The van der Waals surface area contributed by atoms with Gasteiger partial charge in [0.1, 0.15) is 0 Å². The van der Waals surface area contributed by atoms with Crippen molar-refractivity contribution < 1.29 is 19.0 Å². The molecule has 0 bridgehead atoms. The van der Waals surface area contributed by atoms with Gasteiger partial charge >= 0.3 is 5.97 Å². The van der Waals surface area contributed by atoms with Gasteiger partial charge in [0.25, 0.3) is 0 Å². The van der Waals surface area contributed by atoms with E-state index in [0.717, 1.165) is 6.42 Å². The Balaban J connectivity index is 1.91. The molecule has 0 amide bonds. The molecule has 5 heteroatoms. The fraction of sp³-hybridized carbons (Fsp3) is 0.562. The van der Waals surface area contributed by atoms with Crippen molar-refractivity contribution in [1.29, 1.82) is 0 Å². The summed E-state index contributed by atoms with van der Waals surface area (Å²) in [6.45, 7) is 2.43. The molecule has 116 valence electrons. The largest absolute Gasteiger partial charge is 0.469 e. The van der Waals surface area contributed by atoms with E-state index in [1.165, 1.54) is 12.7 Å². The summed E-state index contributed by atoms with van der Waals surface area (Å²) in [7, 11) is 1.40. The van der Waals surface area contributed by atoms with Gasteiger partial charge < -0.3 is 19.5 Å². The van der Waals surface area contributed by atoms with Gasteiger partial charge in [0.2, 0.25) is 0 Å². The van der Waals surface area contributed by atoms with Gasteiger partial charge in [0.15, 0.2) is 0 Å². The second-order valence-electron chi connectivity index (χ2n) is 5.06. The number of carbonyl (C=O) groups is 1. The van der Waals surface area contributed by atoms with Gasteiger partial charge in [-0.2, -0.15) is 0 Å². The molecule has 2 unspecified atom stereocenters. The number of hydrogen-bond acceptors (Lipinski definition) is 5. The summed E-state index contributed by atoms with van der Waals surface area (Å²) in [6, 6.07) is 10.4. The number of ether oxygens (including phenoxy) is 3. The van der Waals surface area contributed by atoms with E-state index in [1.54, 1.807) is 0 Å². The second-order valence-corrected chi connectivity index (χ2v) is 5.06. The fourth-order valence-corrected chi connectivity index (χ4v) is 2.40. The molecule has 1 heterocycles. The molecule has 2 rings (SSSR count). The molecule has 2 atom stereocenters. The molecular weight excluding hydrogens is 270 g/mol. The van der Waals surface area contributed by atoms with E-state index in [0.29, 0.717) is 32.8 Å². The molecule has 0 saturated carbocycles. The van der Waals surface area contributed by atoms with Gasteiger partial charge in [0, 0.05) is 12.6 Å². The fourth-order valence-electron chi connectivity index (χ4n) is 2.40. The number of benzene rings is 1. The predicted octanol–water partition coefficient (Wildman–Crippen LogP) is 1.17. The molecule has 0 radical (unpaired) electrons. The number of methoxy groups -OCH3 is 1. The van der Waals surface area contributed by atoms with Crippen molar-refractivity contribution in [3.05, 3.63) is 35.9 Å². The van der Waals surface area contributed by atoms with Crippen LogP contribution in [0, 0.1) is 0 Å². The topological polar surface area (TPSA) is 56.8 Å². The van der Waals surface area contributed by atoms with Gasteiger partial charge in [-0.15, -0.1) is 0 Å². The molecule has 1 aromatic carbocycles. The Morgan fingerprint density at radius 1 is 1.38 bits per heavy atom. The van der Waals surface area contributed by atoms with Crippen molar-refractivity contribution in [2.45, 2.75) is 25.0 Å². The van der Waals surface area contributed by atoms with E-state index in [4.69, 9.17) is 9.47 Å². The third kappa shape index (κ3) is 5.46. The number of carbonyl (C=O) groups excluding carboxylic acids is 1. The van der Waals surface area contributed by atoms with E-state index < -0.39 is 0 Å². The Morgan fingerprint density at radius 2 is 2.19 bits per heavy atom. The van der Waals surface area contributed by atoms with Gasteiger partial charge in [-0.1, -0.05) is 30.3 Å². The van der Waals surface area contributed by atoms with Crippen LogP contribution >= 0.6 is 0 Å². The van der Waals surface area contributed by atoms with Crippen LogP contribution in [0.15, 0.2) is 30.3 Å². The Kier molecular flexibility index (Phi) is 6.66.